The zero-order chi connectivity index (χ0) is 14.3. The van der Waals surface area contributed by atoms with Crippen molar-refractivity contribution in [3.63, 3.8) is 0 Å². The van der Waals surface area contributed by atoms with Gasteiger partial charge in [0, 0.05) is 6.42 Å². The first-order chi connectivity index (χ1) is 8.89. The van der Waals surface area contributed by atoms with E-state index in [1.54, 1.807) is 6.92 Å². The van der Waals surface area contributed by atoms with Crippen LogP contribution in [0.3, 0.4) is 0 Å². The maximum atomic E-state index is 12.4. The zero-order valence-electron chi connectivity index (χ0n) is 10.8. The Morgan fingerprint density at radius 2 is 2.11 bits per heavy atom. The molecule has 0 radical (unpaired) electrons. The lowest BCUT2D eigenvalue weighted by Crippen LogP contribution is -2.86. The molecule has 1 atom stereocenters. The number of aliphatic hydroxyl groups is 1. The molecule has 3 nitrogen and oxygen atoms in total. The number of halogens is 3. The standard InChI is InChI=1S/C13H18F3NO2/c1-10(18)9-17-6-3-7-19-12-5-2-4-11(8-12)13(14,15)16/h2,4-5,8,10,17-18H,3,6-7,9H2,1H3/p+1/t10-/m1/s1. The highest BCUT2D eigenvalue weighted by Crippen LogP contribution is 2.31. The Hall–Kier alpha value is -1.27. The second-order valence-electron chi connectivity index (χ2n) is 4.39. The molecule has 0 amide bonds. The summed E-state index contributed by atoms with van der Waals surface area (Å²) in [5, 5.41) is 11.0. The van der Waals surface area contributed by atoms with Crippen LogP contribution >= 0.6 is 0 Å². The minimum Gasteiger partial charge on any atom is -0.493 e. The molecule has 0 aliphatic carbocycles. The van der Waals surface area contributed by atoms with Gasteiger partial charge in [0.05, 0.1) is 24.8 Å². The van der Waals surface area contributed by atoms with Crippen LogP contribution in [0.2, 0.25) is 0 Å². The molecule has 19 heavy (non-hydrogen) atoms. The van der Waals surface area contributed by atoms with Gasteiger partial charge in [-0.05, 0) is 25.1 Å². The highest BCUT2D eigenvalue weighted by molar-refractivity contribution is 5.30. The fourth-order valence-corrected chi connectivity index (χ4v) is 1.54. The summed E-state index contributed by atoms with van der Waals surface area (Å²) in [6.07, 6.45) is -3.99. The molecule has 0 aromatic heterocycles. The highest BCUT2D eigenvalue weighted by atomic mass is 19.4. The first kappa shape index (κ1) is 15.8. The summed E-state index contributed by atoms with van der Waals surface area (Å²) >= 11 is 0. The first-order valence-corrected chi connectivity index (χ1v) is 6.19. The summed E-state index contributed by atoms with van der Waals surface area (Å²) in [6, 6.07) is 4.86. The van der Waals surface area contributed by atoms with Gasteiger partial charge in [0.25, 0.3) is 0 Å². The summed E-state index contributed by atoms with van der Waals surface area (Å²) < 4.78 is 42.6. The first-order valence-electron chi connectivity index (χ1n) is 6.19. The van der Waals surface area contributed by atoms with Crippen LogP contribution in [0.5, 0.6) is 5.75 Å². The molecule has 3 N–H and O–H groups in total. The van der Waals surface area contributed by atoms with Crippen molar-refractivity contribution in [3.05, 3.63) is 29.8 Å². The maximum Gasteiger partial charge on any atom is 0.416 e. The predicted octanol–water partition coefficient (Wildman–Crippen LogP) is 1.42. The van der Waals surface area contributed by atoms with Gasteiger partial charge >= 0.3 is 6.18 Å². The average Bonchev–Trinajstić information content (AvgIpc) is 2.32. The highest BCUT2D eigenvalue weighted by Gasteiger charge is 2.30. The van der Waals surface area contributed by atoms with E-state index < -0.39 is 11.7 Å². The number of ether oxygens (including phenoxy) is 1. The van der Waals surface area contributed by atoms with Crippen molar-refractivity contribution in [2.75, 3.05) is 19.7 Å². The SMILES string of the molecule is C[C@@H](O)C[NH2+]CCCOc1cccc(C(F)(F)F)c1. The Kier molecular flexibility index (Phi) is 6.11. The summed E-state index contributed by atoms with van der Waals surface area (Å²) in [4.78, 5) is 0. The van der Waals surface area contributed by atoms with Gasteiger partial charge in [-0.25, -0.2) is 0 Å². The topological polar surface area (TPSA) is 46.1 Å². The Labute approximate surface area is 110 Å². The van der Waals surface area contributed by atoms with Crippen molar-refractivity contribution < 1.29 is 28.3 Å². The number of alkyl halides is 3. The summed E-state index contributed by atoms with van der Waals surface area (Å²) in [5.41, 5.74) is -0.703. The molecule has 0 saturated heterocycles. The molecule has 6 heteroatoms. The summed E-state index contributed by atoms with van der Waals surface area (Å²) in [5.74, 6) is 0.227. The minimum absolute atomic E-state index is 0.227. The van der Waals surface area contributed by atoms with E-state index in [4.69, 9.17) is 9.84 Å². The zero-order valence-corrected chi connectivity index (χ0v) is 10.8. The molecule has 108 valence electrons. The van der Waals surface area contributed by atoms with Gasteiger partial charge in [-0.15, -0.1) is 0 Å². The Bertz CT molecular complexity index is 380. The number of hydrogen-bond donors (Lipinski definition) is 2. The Balaban J connectivity index is 2.30. The van der Waals surface area contributed by atoms with Crippen LogP contribution in [0.25, 0.3) is 0 Å². The lowest BCUT2D eigenvalue weighted by molar-refractivity contribution is -0.660. The monoisotopic (exact) mass is 278 g/mol. The molecule has 1 aromatic rings. The van der Waals surface area contributed by atoms with Crippen molar-refractivity contribution >= 4 is 0 Å². The van der Waals surface area contributed by atoms with Crippen LogP contribution in [-0.4, -0.2) is 30.9 Å². The van der Waals surface area contributed by atoms with Gasteiger partial charge < -0.3 is 15.2 Å². The van der Waals surface area contributed by atoms with E-state index >= 15 is 0 Å². The molecule has 0 aliphatic heterocycles. The number of nitrogens with two attached hydrogens (primary N) is 1. The molecule has 1 aromatic carbocycles. The van der Waals surface area contributed by atoms with Crippen LogP contribution in [0.1, 0.15) is 18.9 Å². The van der Waals surface area contributed by atoms with E-state index in [1.165, 1.54) is 12.1 Å². The molecule has 0 fully saturated rings. The third kappa shape index (κ3) is 6.45. The largest absolute Gasteiger partial charge is 0.493 e. The van der Waals surface area contributed by atoms with Crippen LogP contribution in [0.4, 0.5) is 13.2 Å². The Morgan fingerprint density at radius 1 is 1.37 bits per heavy atom. The third-order valence-electron chi connectivity index (χ3n) is 2.49. The smallest absolute Gasteiger partial charge is 0.416 e. The number of hydrogen-bond acceptors (Lipinski definition) is 2. The number of benzene rings is 1. The van der Waals surface area contributed by atoms with Crippen molar-refractivity contribution in [1.29, 1.82) is 0 Å². The lowest BCUT2D eigenvalue weighted by atomic mass is 10.2. The normalized spacial score (nSPS) is 13.3. The van der Waals surface area contributed by atoms with Crippen molar-refractivity contribution in [3.8, 4) is 5.75 Å². The van der Waals surface area contributed by atoms with Gasteiger partial charge in [0.1, 0.15) is 12.3 Å². The summed E-state index contributed by atoms with van der Waals surface area (Å²) in [6.45, 7) is 3.45. The number of rotatable bonds is 7. The lowest BCUT2D eigenvalue weighted by Gasteiger charge is -2.10. The van der Waals surface area contributed by atoms with Gasteiger partial charge in [0.2, 0.25) is 0 Å². The number of quaternary nitrogens is 1. The van der Waals surface area contributed by atoms with Crippen molar-refractivity contribution in [2.24, 2.45) is 0 Å². The van der Waals surface area contributed by atoms with Crippen molar-refractivity contribution in [2.45, 2.75) is 25.6 Å². The minimum atomic E-state index is -4.34. The van der Waals surface area contributed by atoms with E-state index in [1.807, 2.05) is 5.32 Å². The van der Waals surface area contributed by atoms with Crippen LogP contribution < -0.4 is 10.1 Å². The molecule has 0 bridgehead atoms. The molecule has 0 unspecified atom stereocenters. The van der Waals surface area contributed by atoms with Gasteiger partial charge in [-0.1, -0.05) is 6.07 Å². The second kappa shape index (κ2) is 7.35. The third-order valence-corrected chi connectivity index (χ3v) is 2.49. The van der Waals surface area contributed by atoms with Crippen LogP contribution in [0.15, 0.2) is 24.3 Å². The molecule has 0 saturated carbocycles. The van der Waals surface area contributed by atoms with E-state index in [-0.39, 0.29) is 11.9 Å². The average molecular weight is 278 g/mol. The quantitative estimate of drug-likeness (QED) is 0.741. The fourth-order valence-electron chi connectivity index (χ4n) is 1.54. The van der Waals surface area contributed by atoms with E-state index in [0.717, 1.165) is 18.7 Å². The van der Waals surface area contributed by atoms with Gasteiger partial charge in [-0.3, -0.25) is 0 Å². The molecule has 0 spiro atoms. The summed E-state index contributed by atoms with van der Waals surface area (Å²) in [7, 11) is 0. The van der Waals surface area contributed by atoms with Gasteiger partial charge in [-0.2, -0.15) is 13.2 Å². The maximum absolute atomic E-state index is 12.4. The van der Waals surface area contributed by atoms with E-state index in [2.05, 4.69) is 0 Å². The van der Waals surface area contributed by atoms with Crippen LogP contribution in [0, 0.1) is 0 Å². The molecule has 0 aliphatic rings. The second-order valence-corrected chi connectivity index (χ2v) is 4.39. The van der Waals surface area contributed by atoms with Gasteiger partial charge in [0.15, 0.2) is 0 Å². The number of aliphatic hydroxyl groups excluding tert-OH is 1. The van der Waals surface area contributed by atoms with E-state index in [9.17, 15) is 13.2 Å². The van der Waals surface area contributed by atoms with E-state index in [0.29, 0.717) is 19.6 Å². The Morgan fingerprint density at radius 3 is 2.74 bits per heavy atom. The fraction of sp³-hybridized carbons (Fsp3) is 0.538. The molecule has 0 heterocycles. The van der Waals surface area contributed by atoms with Crippen molar-refractivity contribution in [1.82, 2.24) is 0 Å². The molecular weight excluding hydrogens is 259 g/mol. The van der Waals surface area contributed by atoms with Crippen LogP contribution in [-0.2, 0) is 6.18 Å². The molecule has 1 rings (SSSR count). The predicted molar refractivity (Wildman–Crippen MR) is 64.9 cm³/mol. The molecular formula is C13H19F3NO2+.